The summed E-state index contributed by atoms with van der Waals surface area (Å²) in [5, 5.41) is 11.8. The van der Waals surface area contributed by atoms with E-state index in [1.807, 2.05) is 0 Å². The van der Waals surface area contributed by atoms with E-state index >= 15 is 0 Å². The highest BCUT2D eigenvalue weighted by molar-refractivity contribution is 5.85. The summed E-state index contributed by atoms with van der Waals surface area (Å²) >= 11 is 0. The highest BCUT2D eigenvalue weighted by atomic mass is 35.5. The Hall–Kier alpha value is 0.170. The highest BCUT2D eigenvalue weighted by Gasteiger charge is 2.11. The molecule has 1 aliphatic heterocycles. The molecule has 0 aliphatic carbocycles. The molecule has 0 spiro atoms. The standard InChI is InChI=1S/C8H17NO2.ClH/c10-6-1-7-11-8-2-4-9-5-3-8;/h8-10H,1-7H2;1H. The van der Waals surface area contributed by atoms with Crippen molar-refractivity contribution >= 4 is 12.4 Å². The fourth-order valence-electron chi connectivity index (χ4n) is 1.28. The fourth-order valence-corrected chi connectivity index (χ4v) is 1.28. The van der Waals surface area contributed by atoms with Crippen molar-refractivity contribution in [3.63, 3.8) is 0 Å². The summed E-state index contributed by atoms with van der Waals surface area (Å²) in [6, 6.07) is 0. The quantitative estimate of drug-likeness (QED) is 0.645. The Morgan fingerprint density at radius 1 is 1.33 bits per heavy atom. The fraction of sp³-hybridized carbons (Fsp3) is 1.00. The van der Waals surface area contributed by atoms with Gasteiger partial charge in [-0.1, -0.05) is 0 Å². The van der Waals surface area contributed by atoms with E-state index in [1.165, 1.54) is 0 Å². The Labute approximate surface area is 79.9 Å². The van der Waals surface area contributed by atoms with E-state index in [4.69, 9.17) is 9.84 Å². The van der Waals surface area contributed by atoms with Crippen molar-refractivity contribution in [1.29, 1.82) is 0 Å². The first-order valence-corrected chi connectivity index (χ1v) is 4.36. The number of aliphatic hydroxyl groups is 1. The molecular formula is C8H18ClNO2. The van der Waals surface area contributed by atoms with Crippen LogP contribution in [0.3, 0.4) is 0 Å². The molecule has 0 unspecified atom stereocenters. The zero-order valence-corrected chi connectivity index (χ0v) is 8.11. The number of nitrogens with one attached hydrogen (secondary N) is 1. The minimum absolute atomic E-state index is 0. The van der Waals surface area contributed by atoms with Gasteiger partial charge in [0.25, 0.3) is 0 Å². The van der Waals surface area contributed by atoms with E-state index in [-0.39, 0.29) is 19.0 Å². The number of rotatable bonds is 4. The van der Waals surface area contributed by atoms with Crippen LogP contribution < -0.4 is 5.32 Å². The van der Waals surface area contributed by atoms with Crippen LogP contribution in [0.5, 0.6) is 0 Å². The topological polar surface area (TPSA) is 41.5 Å². The largest absolute Gasteiger partial charge is 0.396 e. The molecular weight excluding hydrogens is 178 g/mol. The lowest BCUT2D eigenvalue weighted by molar-refractivity contribution is 0.0256. The lowest BCUT2D eigenvalue weighted by atomic mass is 10.1. The van der Waals surface area contributed by atoms with Crippen LogP contribution >= 0.6 is 12.4 Å². The average Bonchev–Trinajstić information content (AvgIpc) is 2.07. The van der Waals surface area contributed by atoms with Crippen molar-refractivity contribution in [1.82, 2.24) is 5.32 Å². The zero-order valence-electron chi connectivity index (χ0n) is 7.29. The number of hydrogen-bond acceptors (Lipinski definition) is 3. The molecule has 74 valence electrons. The van der Waals surface area contributed by atoms with E-state index < -0.39 is 0 Å². The molecule has 0 radical (unpaired) electrons. The van der Waals surface area contributed by atoms with Gasteiger partial charge in [0.05, 0.1) is 6.10 Å². The molecule has 1 fully saturated rings. The van der Waals surface area contributed by atoms with Crippen LogP contribution in [-0.2, 0) is 4.74 Å². The first kappa shape index (κ1) is 12.2. The molecule has 12 heavy (non-hydrogen) atoms. The van der Waals surface area contributed by atoms with Crippen molar-refractivity contribution in [2.75, 3.05) is 26.3 Å². The molecule has 0 bridgehead atoms. The molecule has 0 amide bonds. The van der Waals surface area contributed by atoms with Gasteiger partial charge in [0.1, 0.15) is 0 Å². The second kappa shape index (κ2) is 7.80. The first-order chi connectivity index (χ1) is 5.43. The van der Waals surface area contributed by atoms with Gasteiger partial charge in [-0.05, 0) is 32.4 Å². The van der Waals surface area contributed by atoms with Gasteiger partial charge in [0, 0.05) is 13.2 Å². The van der Waals surface area contributed by atoms with Crippen molar-refractivity contribution in [2.45, 2.75) is 25.4 Å². The molecule has 0 aromatic carbocycles. The molecule has 1 heterocycles. The van der Waals surface area contributed by atoms with Crippen molar-refractivity contribution in [3.05, 3.63) is 0 Å². The second-order valence-corrected chi connectivity index (χ2v) is 2.90. The number of hydrogen-bond donors (Lipinski definition) is 2. The summed E-state index contributed by atoms with van der Waals surface area (Å²) in [6.07, 6.45) is 3.43. The van der Waals surface area contributed by atoms with Crippen LogP contribution in [0.4, 0.5) is 0 Å². The summed E-state index contributed by atoms with van der Waals surface area (Å²) in [5.41, 5.74) is 0. The number of aliphatic hydroxyl groups excluding tert-OH is 1. The lowest BCUT2D eigenvalue weighted by Gasteiger charge is -2.22. The Balaban J connectivity index is 0.00000121. The molecule has 0 aromatic rings. The molecule has 0 atom stereocenters. The molecule has 4 heteroatoms. The number of ether oxygens (including phenoxy) is 1. The van der Waals surface area contributed by atoms with Gasteiger partial charge >= 0.3 is 0 Å². The van der Waals surface area contributed by atoms with Gasteiger partial charge in [-0.2, -0.15) is 0 Å². The molecule has 1 aliphatic rings. The molecule has 1 rings (SSSR count). The van der Waals surface area contributed by atoms with Crippen LogP contribution in [0.1, 0.15) is 19.3 Å². The van der Waals surface area contributed by atoms with E-state index in [0.717, 1.165) is 32.4 Å². The minimum Gasteiger partial charge on any atom is -0.396 e. The van der Waals surface area contributed by atoms with E-state index in [9.17, 15) is 0 Å². The summed E-state index contributed by atoms with van der Waals surface area (Å²) in [6.45, 7) is 3.10. The van der Waals surface area contributed by atoms with Crippen LogP contribution in [0, 0.1) is 0 Å². The van der Waals surface area contributed by atoms with Gasteiger partial charge in [0.15, 0.2) is 0 Å². The summed E-state index contributed by atoms with van der Waals surface area (Å²) in [7, 11) is 0. The normalized spacial score (nSPS) is 18.8. The lowest BCUT2D eigenvalue weighted by Crippen LogP contribution is -2.32. The minimum atomic E-state index is 0. The predicted octanol–water partition coefficient (Wildman–Crippen LogP) is 0.559. The van der Waals surface area contributed by atoms with E-state index in [0.29, 0.717) is 12.7 Å². The smallest absolute Gasteiger partial charge is 0.0599 e. The molecule has 1 saturated heterocycles. The maximum Gasteiger partial charge on any atom is 0.0599 e. The van der Waals surface area contributed by atoms with Crippen molar-refractivity contribution < 1.29 is 9.84 Å². The Morgan fingerprint density at radius 3 is 2.58 bits per heavy atom. The van der Waals surface area contributed by atoms with Gasteiger partial charge in [0.2, 0.25) is 0 Å². The monoisotopic (exact) mass is 195 g/mol. The van der Waals surface area contributed by atoms with Gasteiger partial charge < -0.3 is 15.2 Å². The van der Waals surface area contributed by atoms with Gasteiger partial charge in [-0.3, -0.25) is 0 Å². The highest BCUT2D eigenvalue weighted by Crippen LogP contribution is 2.06. The summed E-state index contributed by atoms with van der Waals surface area (Å²) in [5.74, 6) is 0. The van der Waals surface area contributed by atoms with Crippen LogP contribution in [0.2, 0.25) is 0 Å². The molecule has 0 aromatic heterocycles. The third-order valence-corrected chi connectivity index (χ3v) is 1.94. The zero-order chi connectivity index (χ0) is 7.94. The van der Waals surface area contributed by atoms with Crippen molar-refractivity contribution in [2.24, 2.45) is 0 Å². The van der Waals surface area contributed by atoms with E-state index in [2.05, 4.69) is 5.32 Å². The predicted molar refractivity (Wildman–Crippen MR) is 50.8 cm³/mol. The van der Waals surface area contributed by atoms with Crippen LogP contribution in [0.25, 0.3) is 0 Å². The van der Waals surface area contributed by atoms with Gasteiger partial charge in [-0.15, -0.1) is 12.4 Å². The van der Waals surface area contributed by atoms with Crippen LogP contribution in [-0.4, -0.2) is 37.5 Å². The number of piperidine rings is 1. The molecule has 2 N–H and O–H groups in total. The molecule has 3 nitrogen and oxygen atoms in total. The van der Waals surface area contributed by atoms with E-state index in [1.54, 1.807) is 0 Å². The van der Waals surface area contributed by atoms with Crippen molar-refractivity contribution in [3.8, 4) is 0 Å². The summed E-state index contributed by atoms with van der Waals surface area (Å²) < 4.78 is 5.52. The van der Waals surface area contributed by atoms with Crippen LogP contribution in [0.15, 0.2) is 0 Å². The third-order valence-electron chi connectivity index (χ3n) is 1.94. The average molecular weight is 196 g/mol. The first-order valence-electron chi connectivity index (χ1n) is 4.36. The Kier molecular flexibility index (Phi) is 7.91. The Bertz CT molecular complexity index is 97.1. The number of halogens is 1. The summed E-state index contributed by atoms with van der Waals surface area (Å²) in [4.78, 5) is 0. The molecule has 0 saturated carbocycles. The second-order valence-electron chi connectivity index (χ2n) is 2.90. The van der Waals surface area contributed by atoms with Gasteiger partial charge in [-0.25, -0.2) is 0 Å². The SMILES string of the molecule is Cl.OCCCOC1CCNCC1. The maximum atomic E-state index is 8.50. The third kappa shape index (κ3) is 4.93. The Morgan fingerprint density at radius 2 is 2.00 bits per heavy atom. The maximum absolute atomic E-state index is 8.50.